The molecule has 32 heavy (non-hydrogen) atoms. The van der Waals surface area contributed by atoms with Crippen LogP contribution < -0.4 is 10.2 Å². The van der Waals surface area contributed by atoms with Crippen molar-refractivity contribution in [2.24, 2.45) is 0 Å². The van der Waals surface area contributed by atoms with Crippen molar-refractivity contribution in [2.45, 2.75) is 90.5 Å². The largest absolute Gasteiger partial charge is 0.315 e. The van der Waals surface area contributed by atoms with E-state index < -0.39 is 0 Å². The molecule has 0 fully saturated rings. The molecule has 1 aromatic heterocycles. The van der Waals surface area contributed by atoms with Crippen LogP contribution in [-0.2, 0) is 16.8 Å². The summed E-state index contributed by atoms with van der Waals surface area (Å²) in [5, 5.41) is 3.58. The number of anilines is 1. The summed E-state index contributed by atoms with van der Waals surface area (Å²) < 4.78 is 0. The van der Waals surface area contributed by atoms with Gasteiger partial charge in [-0.2, -0.15) is 0 Å². The highest BCUT2D eigenvalue weighted by atomic mass is 16.2. The van der Waals surface area contributed by atoms with E-state index in [1.54, 1.807) is 4.90 Å². The van der Waals surface area contributed by atoms with Crippen LogP contribution in [0.4, 0.5) is 5.69 Å². The van der Waals surface area contributed by atoms with Gasteiger partial charge in [-0.1, -0.05) is 71.8 Å². The fraction of sp³-hybridized carbons (Fsp3) is 0.571. The summed E-state index contributed by atoms with van der Waals surface area (Å²) in [6.07, 6.45) is 15.2. The summed E-state index contributed by atoms with van der Waals surface area (Å²) in [6.45, 7) is 8.50. The Bertz CT molecular complexity index is 890. The number of fused-ring (bicyclic) bond motifs is 1. The Morgan fingerprint density at radius 1 is 0.969 bits per heavy atom. The first-order valence-electron chi connectivity index (χ1n) is 12.5. The molecule has 1 amide bonds. The zero-order valence-electron chi connectivity index (χ0n) is 20.5. The van der Waals surface area contributed by atoms with Gasteiger partial charge in [0.05, 0.1) is 0 Å². The van der Waals surface area contributed by atoms with Crippen molar-refractivity contribution in [1.29, 1.82) is 0 Å². The van der Waals surface area contributed by atoms with Gasteiger partial charge in [-0.25, -0.2) is 0 Å². The molecular weight excluding hydrogens is 394 g/mol. The lowest BCUT2D eigenvalue weighted by Gasteiger charge is -2.37. The maximum Gasteiger partial charge on any atom is 0.227 e. The summed E-state index contributed by atoms with van der Waals surface area (Å²) in [6, 6.07) is 8.67. The molecular formula is C28H41N3O. The molecule has 0 radical (unpaired) electrons. The van der Waals surface area contributed by atoms with E-state index in [4.69, 9.17) is 0 Å². The molecule has 4 heteroatoms. The van der Waals surface area contributed by atoms with Crippen molar-refractivity contribution in [1.82, 2.24) is 10.3 Å². The monoisotopic (exact) mass is 435 g/mol. The van der Waals surface area contributed by atoms with Gasteiger partial charge in [-0.3, -0.25) is 9.78 Å². The molecule has 1 aliphatic heterocycles. The van der Waals surface area contributed by atoms with E-state index in [2.05, 4.69) is 55.3 Å². The number of nitrogens with one attached hydrogen (secondary N) is 1. The smallest absolute Gasteiger partial charge is 0.227 e. The third-order valence-corrected chi connectivity index (χ3v) is 6.72. The Morgan fingerprint density at radius 2 is 1.69 bits per heavy atom. The SMILES string of the molecule is CCCCCCCCCCNCc1cncc(-c2ccc3c(c2)C(C)(C)CC(=O)N3C)c1. The predicted molar refractivity (Wildman–Crippen MR) is 135 cm³/mol. The molecule has 0 bridgehead atoms. The van der Waals surface area contributed by atoms with Crippen LogP contribution in [0.2, 0.25) is 0 Å². The van der Waals surface area contributed by atoms with Crippen LogP contribution in [0.3, 0.4) is 0 Å². The minimum absolute atomic E-state index is 0.155. The summed E-state index contributed by atoms with van der Waals surface area (Å²) in [5.41, 5.74) is 5.61. The number of hydrogen-bond acceptors (Lipinski definition) is 3. The van der Waals surface area contributed by atoms with Gasteiger partial charge < -0.3 is 10.2 Å². The summed E-state index contributed by atoms with van der Waals surface area (Å²) in [5.74, 6) is 0.182. The highest BCUT2D eigenvalue weighted by Crippen LogP contribution is 2.41. The Morgan fingerprint density at radius 3 is 2.44 bits per heavy atom. The summed E-state index contributed by atoms with van der Waals surface area (Å²) in [4.78, 5) is 18.6. The number of amides is 1. The molecule has 0 saturated carbocycles. The summed E-state index contributed by atoms with van der Waals surface area (Å²) >= 11 is 0. The van der Waals surface area contributed by atoms with Crippen LogP contribution in [0.25, 0.3) is 11.1 Å². The third kappa shape index (κ3) is 6.41. The first-order chi connectivity index (χ1) is 15.4. The van der Waals surface area contributed by atoms with Crippen LogP contribution in [0.1, 0.15) is 89.7 Å². The molecule has 1 aliphatic rings. The molecule has 2 heterocycles. The van der Waals surface area contributed by atoms with E-state index in [9.17, 15) is 4.79 Å². The lowest BCUT2D eigenvalue weighted by molar-refractivity contribution is -0.119. The first kappa shape index (κ1) is 24.4. The fourth-order valence-electron chi connectivity index (χ4n) is 4.64. The molecule has 0 saturated heterocycles. The van der Waals surface area contributed by atoms with E-state index in [1.165, 1.54) is 62.5 Å². The van der Waals surface area contributed by atoms with Crippen molar-refractivity contribution in [3.8, 4) is 11.1 Å². The van der Waals surface area contributed by atoms with Gasteiger partial charge in [0.1, 0.15) is 0 Å². The normalized spacial score (nSPS) is 15.1. The van der Waals surface area contributed by atoms with Crippen LogP contribution in [-0.4, -0.2) is 24.5 Å². The second-order valence-electron chi connectivity index (χ2n) is 9.98. The number of nitrogens with zero attached hydrogens (tertiary/aromatic N) is 2. The number of aromatic nitrogens is 1. The van der Waals surface area contributed by atoms with Gasteiger partial charge in [-0.05, 0) is 47.9 Å². The molecule has 174 valence electrons. The molecule has 3 rings (SSSR count). The highest BCUT2D eigenvalue weighted by molar-refractivity contribution is 5.97. The molecule has 0 spiro atoms. The number of pyridine rings is 1. The van der Waals surface area contributed by atoms with E-state index in [1.807, 2.05) is 19.4 Å². The molecule has 1 N–H and O–H groups in total. The number of carbonyl (C=O) groups excluding carboxylic acids is 1. The topological polar surface area (TPSA) is 45.2 Å². The molecule has 1 aromatic carbocycles. The van der Waals surface area contributed by atoms with Gasteiger partial charge >= 0.3 is 0 Å². The quantitative estimate of drug-likeness (QED) is 0.381. The van der Waals surface area contributed by atoms with E-state index in [0.29, 0.717) is 6.42 Å². The number of benzene rings is 1. The van der Waals surface area contributed by atoms with Crippen LogP contribution in [0.15, 0.2) is 36.7 Å². The van der Waals surface area contributed by atoms with Gasteiger partial charge in [0.2, 0.25) is 5.91 Å². The van der Waals surface area contributed by atoms with Gasteiger partial charge in [0.15, 0.2) is 0 Å². The Labute approximate surface area is 194 Å². The zero-order chi connectivity index (χ0) is 23.0. The lowest BCUT2D eigenvalue weighted by Crippen LogP contribution is -2.39. The number of hydrogen-bond donors (Lipinski definition) is 1. The molecule has 0 aliphatic carbocycles. The number of rotatable bonds is 12. The zero-order valence-corrected chi connectivity index (χ0v) is 20.5. The van der Waals surface area contributed by atoms with E-state index in [0.717, 1.165) is 29.9 Å². The summed E-state index contributed by atoms with van der Waals surface area (Å²) in [7, 11) is 1.87. The fourth-order valence-corrected chi connectivity index (χ4v) is 4.64. The Hall–Kier alpha value is -2.20. The van der Waals surface area contributed by atoms with Crippen molar-refractivity contribution in [3.63, 3.8) is 0 Å². The van der Waals surface area contributed by atoms with E-state index in [-0.39, 0.29) is 11.3 Å². The van der Waals surface area contributed by atoms with Crippen LogP contribution in [0.5, 0.6) is 0 Å². The van der Waals surface area contributed by atoms with Gasteiger partial charge in [0.25, 0.3) is 0 Å². The number of carbonyl (C=O) groups is 1. The maximum absolute atomic E-state index is 12.3. The van der Waals surface area contributed by atoms with Crippen molar-refractivity contribution < 1.29 is 4.79 Å². The van der Waals surface area contributed by atoms with Crippen molar-refractivity contribution >= 4 is 11.6 Å². The second kappa shape index (κ2) is 11.6. The minimum atomic E-state index is -0.155. The van der Waals surface area contributed by atoms with Crippen molar-refractivity contribution in [2.75, 3.05) is 18.5 Å². The maximum atomic E-state index is 12.3. The Kier molecular flexibility index (Phi) is 8.86. The van der Waals surface area contributed by atoms with Gasteiger partial charge in [-0.15, -0.1) is 0 Å². The standard InChI is InChI=1S/C28H41N3O/c1-5-6-7-8-9-10-11-12-15-29-19-22-16-24(21-30-20-22)23-13-14-26-25(17-23)28(2,3)18-27(32)31(26)4/h13-14,16-17,20-21,29H,5-12,15,18-19H2,1-4H3. The molecule has 0 unspecified atom stereocenters. The van der Waals surface area contributed by atoms with Gasteiger partial charge in [0, 0.05) is 49.1 Å². The average molecular weight is 436 g/mol. The number of unbranched alkanes of at least 4 members (excludes halogenated alkanes) is 7. The average Bonchev–Trinajstić information content (AvgIpc) is 2.78. The molecule has 4 nitrogen and oxygen atoms in total. The van der Waals surface area contributed by atoms with Crippen LogP contribution >= 0.6 is 0 Å². The van der Waals surface area contributed by atoms with Crippen molar-refractivity contribution in [3.05, 3.63) is 47.8 Å². The highest BCUT2D eigenvalue weighted by Gasteiger charge is 2.35. The minimum Gasteiger partial charge on any atom is -0.315 e. The Balaban J connectivity index is 1.53. The second-order valence-corrected chi connectivity index (χ2v) is 9.98. The lowest BCUT2D eigenvalue weighted by atomic mass is 9.76. The molecule has 0 atom stereocenters. The van der Waals surface area contributed by atoms with Crippen LogP contribution in [0, 0.1) is 0 Å². The van der Waals surface area contributed by atoms with E-state index >= 15 is 0 Å². The first-order valence-corrected chi connectivity index (χ1v) is 12.5. The molecule has 2 aromatic rings. The predicted octanol–water partition coefficient (Wildman–Crippen LogP) is 6.62. The third-order valence-electron chi connectivity index (χ3n) is 6.72.